The van der Waals surface area contributed by atoms with Crippen LogP contribution >= 0.6 is 0 Å². The van der Waals surface area contributed by atoms with Crippen LogP contribution in [0.15, 0.2) is 48.5 Å². The van der Waals surface area contributed by atoms with Crippen LogP contribution in [0.5, 0.6) is 0 Å². The molecule has 0 heterocycles. The molecule has 4 nitrogen and oxygen atoms in total. The molecule has 21 heavy (non-hydrogen) atoms. The predicted molar refractivity (Wildman–Crippen MR) is 79.2 cm³/mol. The Hall–Kier alpha value is -2.87. The Labute approximate surface area is 122 Å². The minimum Gasteiger partial charge on any atom is -0.398 e. The number of para-hydroxylation sites is 1. The molecule has 0 fully saturated rings. The van der Waals surface area contributed by atoms with Crippen LogP contribution in [0.3, 0.4) is 0 Å². The first-order valence-corrected chi connectivity index (χ1v) is 6.42. The van der Waals surface area contributed by atoms with Crippen molar-refractivity contribution in [3.63, 3.8) is 0 Å². The standard InChI is InChI=1S/C16H14FN3O/c17-12-7-8-14(15(19)11-12)16(21)20(10-4-9-18)13-5-2-1-3-6-13/h1-3,5-8,11H,4,10,19H2. The Bertz CT molecular complexity index is 680. The average Bonchev–Trinajstić information content (AvgIpc) is 2.48. The van der Waals surface area contributed by atoms with Gasteiger partial charge in [-0.15, -0.1) is 0 Å². The third-order valence-electron chi connectivity index (χ3n) is 3.00. The molecule has 1 amide bonds. The Balaban J connectivity index is 2.37. The van der Waals surface area contributed by atoms with Crippen molar-refractivity contribution in [1.82, 2.24) is 0 Å². The molecular formula is C16H14FN3O. The highest BCUT2D eigenvalue weighted by Crippen LogP contribution is 2.21. The molecule has 0 aliphatic rings. The molecule has 5 heteroatoms. The van der Waals surface area contributed by atoms with Gasteiger partial charge in [-0.2, -0.15) is 5.26 Å². The van der Waals surface area contributed by atoms with Crippen molar-refractivity contribution in [3.8, 4) is 6.07 Å². The van der Waals surface area contributed by atoms with Crippen LogP contribution in [0, 0.1) is 17.1 Å². The smallest absolute Gasteiger partial charge is 0.260 e. The van der Waals surface area contributed by atoms with Crippen LogP contribution in [-0.4, -0.2) is 12.5 Å². The molecule has 0 aliphatic heterocycles. The summed E-state index contributed by atoms with van der Waals surface area (Å²) < 4.78 is 13.1. The van der Waals surface area contributed by atoms with Crippen LogP contribution in [0.2, 0.25) is 0 Å². The van der Waals surface area contributed by atoms with Gasteiger partial charge in [0.1, 0.15) is 5.82 Å². The van der Waals surface area contributed by atoms with Gasteiger partial charge in [0.25, 0.3) is 5.91 Å². The summed E-state index contributed by atoms with van der Waals surface area (Å²) in [5.74, 6) is -0.846. The summed E-state index contributed by atoms with van der Waals surface area (Å²) in [6.45, 7) is 0.246. The fraction of sp³-hybridized carbons (Fsp3) is 0.125. The lowest BCUT2D eigenvalue weighted by atomic mass is 10.1. The molecule has 0 saturated carbocycles. The van der Waals surface area contributed by atoms with Crippen molar-refractivity contribution >= 4 is 17.3 Å². The molecule has 0 unspecified atom stereocenters. The van der Waals surface area contributed by atoms with Crippen LogP contribution in [0.4, 0.5) is 15.8 Å². The summed E-state index contributed by atoms with van der Waals surface area (Å²) >= 11 is 0. The second-order valence-corrected chi connectivity index (χ2v) is 4.43. The Kier molecular flexibility index (Phi) is 4.52. The largest absolute Gasteiger partial charge is 0.398 e. The van der Waals surface area contributed by atoms with Crippen LogP contribution in [0.1, 0.15) is 16.8 Å². The lowest BCUT2D eigenvalue weighted by Gasteiger charge is -2.22. The van der Waals surface area contributed by atoms with Crippen molar-refractivity contribution in [2.24, 2.45) is 0 Å². The summed E-state index contributed by atoms with van der Waals surface area (Å²) in [6, 6.07) is 14.7. The number of nitrogen functional groups attached to an aromatic ring is 1. The number of carbonyl (C=O) groups excluding carboxylic acids is 1. The maximum atomic E-state index is 13.1. The second-order valence-electron chi connectivity index (χ2n) is 4.43. The summed E-state index contributed by atoms with van der Waals surface area (Å²) in [5, 5.41) is 8.74. The number of amides is 1. The van der Waals surface area contributed by atoms with Crippen molar-refractivity contribution in [2.75, 3.05) is 17.2 Å². The summed E-state index contributed by atoms with van der Waals surface area (Å²) in [5.41, 5.74) is 6.68. The van der Waals surface area contributed by atoms with Gasteiger partial charge < -0.3 is 10.6 Å². The van der Waals surface area contributed by atoms with Crippen molar-refractivity contribution in [1.29, 1.82) is 5.26 Å². The number of hydrogen-bond acceptors (Lipinski definition) is 3. The molecule has 2 aromatic carbocycles. The molecule has 0 spiro atoms. The monoisotopic (exact) mass is 283 g/mol. The minimum absolute atomic E-state index is 0.0814. The number of nitrogens with two attached hydrogens (primary N) is 1. The number of nitriles is 1. The predicted octanol–water partition coefficient (Wildman–Crippen LogP) is 2.97. The third-order valence-corrected chi connectivity index (χ3v) is 3.00. The fourth-order valence-electron chi connectivity index (χ4n) is 1.99. The lowest BCUT2D eigenvalue weighted by molar-refractivity contribution is 0.0988. The summed E-state index contributed by atoms with van der Waals surface area (Å²) in [6.07, 6.45) is 0.196. The Morgan fingerprint density at radius 2 is 1.95 bits per heavy atom. The zero-order valence-corrected chi connectivity index (χ0v) is 11.3. The molecular weight excluding hydrogens is 269 g/mol. The Morgan fingerprint density at radius 3 is 2.57 bits per heavy atom. The number of carbonyl (C=O) groups is 1. The van der Waals surface area contributed by atoms with Gasteiger partial charge in [-0.25, -0.2) is 4.39 Å². The highest BCUT2D eigenvalue weighted by atomic mass is 19.1. The number of benzene rings is 2. The maximum Gasteiger partial charge on any atom is 0.260 e. The molecule has 2 aromatic rings. The van der Waals surface area contributed by atoms with E-state index in [0.717, 1.165) is 6.07 Å². The third kappa shape index (κ3) is 3.37. The van der Waals surface area contributed by atoms with E-state index in [1.54, 1.807) is 24.3 Å². The topological polar surface area (TPSA) is 70.1 Å². The van der Waals surface area contributed by atoms with Gasteiger partial charge in [0.05, 0.1) is 18.1 Å². The SMILES string of the molecule is N#CCCN(C(=O)c1ccc(F)cc1N)c1ccccc1. The van der Waals surface area contributed by atoms with Crippen LogP contribution < -0.4 is 10.6 Å². The molecule has 2 rings (SSSR count). The number of hydrogen-bond donors (Lipinski definition) is 1. The summed E-state index contributed by atoms with van der Waals surface area (Å²) in [4.78, 5) is 14.1. The van der Waals surface area contributed by atoms with E-state index in [2.05, 4.69) is 0 Å². The molecule has 0 atom stereocenters. The van der Waals surface area contributed by atoms with Gasteiger partial charge in [0, 0.05) is 17.9 Å². The van der Waals surface area contributed by atoms with E-state index < -0.39 is 5.82 Å². The molecule has 0 aromatic heterocycles. The zero-order valence-electron chi connectivity index (χ0n) is 11.3. The van der Waals surface area contributed by atoms with Gasteiger partial charge >= 0.3 is 0 Å². The first-order chi connectivity index (χ1) is 10.1. The number of anilines is 2. The quantitative estimate of drug-likeness (QED) is 0.877. The molecule has 0 saturated heterocycles. The molecule has 0 bridgehead atoms. The normalized spacial score (nSPS) is 9.90. The van der Waals surface area contributed by atoms with Crippen LogP contribution in [0.25, 0.3) is 0 Å². The van der Waals surface area contributed by atoms with E-state index >= 15 is 0 Å². The molecule has 2 N–H and O–H groups in total. The van der Waals surface area contributed by atoms with Gasteiger partial charge in [-0.05, 0) is 30.3 Å². The van der Waals surface area contributed by atoms with Gasteiger partial charge in [-0.1, -0.05) is 18.2 Å². The Morgan fingerprint density at radius 1 is 1.24 bits per heavy atom. The van der Waals surface area contributed by atoms with Gasteiger partial charge in [0.15, 0.2) is 0 Å². The number of halogens is 1. The fourth-order valence-corrected chi connectivity index (χ4v) is 1.99. The molecule has 0 aliphatic carbocycles. The van der Waals surface area contributed by atoms with E-state index in [4.69, 9.17) is 11.0 Å². The van der Waals surface area contributed by atoms with E-state index in [0.29, 0.717) is 5.69 Å². The van der Waals surface area contributed by atoms with E-state index in [9.17, 15) is 9.18 Å². The molecule has 106 valence electrons. The van der Waals surface area contributed by atoms with Gasteiger partial charge in [0.2, 0.25) is 0 Å². The first-order valence-electron chi connectivity index (χ1n) is 6.42. The zero-order chi connectivity index (χ0) is 15.2. The van der Waals surface area contributed by atoms with Crippen LogP contribution in [-0.2, 0) is 0 Å². The first kappa shape index (κ1) is 14.5. The van der Waals surface area contributed by atoms with Gasteiger partial charge in [-0.3, -0.25) is 4.79 Å². The van der Waals surface area contributed by atoms with E-state index in [1.165, 1.54) is 17.0 Å². The minimum atomic E-state index is -0.493. The van der Waals surface area contributed by atoms with Crippen molar-refractivity contribution in [3.05, 3.63) is 59.9 Å². The average molecular weight is 283 g/mol. The highest BCUT2D eigenvalue weighted by molar-refractivity contribution is 6.09. The maximum absolute atomic E-state index is 13.1. The number of rotatable bonds is 4. The van der Waals surface area contributed by atoms with Crippen molar-refractivity contribution < 1.29 is 9.18 Å². The highest BCUT2D eigenvalue weighted by Gasteiger charge is 2.19. The second kappa shape index (κ2) is 6.53. The summed E-state index contributed by atoms with van der Waals surface area (Å²) in [7, 11) is 0. The lowest BCUT2D eigenvalue weighted by Crippen LogP contribution is -2.32. The van der Waals surface area contributed by atoms with E-state index in [1.807, 2.05) is 12.1 Å². The van der Waals surface area contributed by atoms with Crippen molar-refractivity contribution in [2.45, 2.75) is 6.42 Å². The van der Waals surface area contributed by atoms with E-state index in [-0.39, 0.29) is 30.1 Å². The number of nitrogens with zero attached hydrogens (tertiary/aromatic N) is 2. The molecule has 0 radical (unpaired) electrons.